The van der Waals surface area contributed by atoms with Gasteiger partial charge < -0.3 is 14.6 Å². The number of fused-ring (bicyclic) bond motifs is 7. The zero-order valence-electron chi connectivity index (χ0n) is 21.5. The van der Waals surface area contributed by atoms with Crippen molar-refractivity contribution in [1.29, 1.82) is 5.26 Å². The number of aliphatic hydroxyl groups is 1. The molecule has 3 fully saturated rings. The van der Waals surface area contributed by atoms with Gasteiger partial charge in [-0.3, -0.25) is 14.6 Å². The summed E-state index contributed by atoms with van der Waals surface area (Å²) in [6, 6.07) is 20.1. The van der Waals surface area contributed by atoms with Gasteiger partial charge >= 0.3 is 0 Å². The Kier molecular flexibility index (Phi) is 5.45. The third kappa shape index (κ3) is 3.35. The molecule has 0 spiro atoms. The summed E-state index contributed by atoms with van der Waals surface area (Å²) in [6.07, 6.45) is 1.20. The minimum absolute atomic E-state index is 0.189. The highest BCUT2D eigenvalue weighted by molar-refractivity contribution is 6.31. The van der Waals surface area contributed by atoms with Crippen LogP contribution in [0, 0.1) is 23.2 Å². The Labute approximate surface area is 234 Å². The third-order valence-electron chi connectivity index (χ3n) is 8.82. The number of pyridine rings is 1. The standard InChI is InChI=1S/C31H24ClN3O5/c1-30-25(36)15-31(40-30,11-13-39-24-10-12-34-22-14-18(32)7-8-20(22)24)27-26(30)28(37)35(29(27)38)23-9-6-17-4-2-3-5-19(17)21(23)16-33/h2-10,12,14,25-27,36H,11,13,15H2,1H3. The summed E-state index contributed by atoms with van der Waals surface area (Å²) in [6.45, 7) is 1.89. The number of benzene rings is 3. The van der Waals surface area contributed by atoms with Gasteiger partial charge in [0.25, 0.3) is 0 Å². The smallest absolute Gasteiger partial charge is 0.240 e. The minimum Gasteiger partial charge on any atom is -0.493 e. The number of aliphatic hydroxyl groups excluding tert-OH is 1. The number of anilines is 1. The van der Waals surface area contributed by atoms with Gasteiger partial charge in [-0.25, -0.2) is 4.90 Å². The zero-order valence-corrected chi connectivity index (χ0v) is 22.3. The number of aromatic nitrogens is 1. The van der Waals surface area contributed by atoms with E-state index >= 15 is 0 Å². The molecule has 0 saturated carbocycles. The molecule has 3 aromatic carbocycles. The summed E-state index contributed by atoms with van der Waals surface area (Å²) in [7, 11) is 0. The van der Waals surface area contributed by atoms with Crippen LogP contribution in [0.2, 0.25) is 5.02 Å². The number of carbonyl (C=O) groups excluding carboxylic acids is 2. The molecule has 4 heterocycles. The lowest BCUT2D eigenvalue weighted by atomic mass is 9.66. The van der Waals surface area contributed by atoms with Crippen molar-refractivity contribution in [1.82, 2.24) is 4.98 Å². The van der Waals surface area contributed by atoms with Gasteiger partial charge in [0.15, 0.2) is 0 Å². The first-order chi connectivity index (χ1) is 19.3. The van der Waals surface area contributed by atoms with Gasteiger partial charge in [0.2, 0.25) is 11.8 Å². The van der Waals surface area contributed by atoms with Gasteiger partial charge in [-0.2, -0.15) is 5.26 Å². The van der Waals surface area contributed by atoms with Crippen molar-refractivity contribution in [3.05, 3.63) is 77.4 Å². The lowest BCUT2D eigenvalue weighted by molar-refractivity contribution is -0.134. The van der Waals surface area contributed by atoms with E-state index in [1.165, 1.54) is 0 Å². The predicted molar refractivity (Wildman–Crippen MR) is 148 cm³/mol. The average Bonchev–Trinajstić information content (AvgIpc) is 3.48. The molecule has 1 aromatic heterocycles. The Morgan fingerprint density at radius 1 is 1.12 bits per heavy atom. The molecule has 40 heavy (non-hydrogen) atoms. The van der Waals surface area contributed by atoms with E-state index in [-0.39, 0.29) is 30.7 Å². The van der Waals surface area contributed by atoms with Gasteiger partial charge in [0.05, 0.1) is 46.9 Å². The van der Waals surface area contributed by atoms with Crippen LogP contribution in [0.4, 0.5) is 5.69 Å². The Morgan fingerprint density at radius 3 is 2.75 bits per heavy atom. The maximum absolute atomic E-state index is 14.1. The maximum Gasteiger partial charge on any atom is 0.240 e. The molecule has 7 rings (SSSR count). The highest BCUT2D eigenvalue weighted by atomic mass is 35.5. The minimum atomic E-state index is -1.23. The number of amides is 2. The average molecular weight is 554 g/mol. The summed E-state index contributed by atoms with van der Waals surface area (Å²) >= 11 is 6.11. The normalized spacial score (nSPS) is 28.9. The first-order valence-corrected chi connectivity index (χ1v) is 13.5. The van der Waals surface area contributed by atoms with E-state index in [1.807, 2.05) is 24.3 Å². The fourth-order valence-corrected chi connectivity index (χ4v) is 7.15. The molecular formula is C31H24ClN3O5. The van der Waals surface area contributed by atoms with Gasteiger partial charge in [0.1, 0.15) is 17.4 Å². The molecule has 2 amide bonds. The summed E-state index contributed by atoms with van der Waals surface area (Å²) in [4.78, 5) is 33.4. The quantitative estimate of drug-likeness (QED) is 0.354. The second-order valence-corrected chi connectivity index (χ2v) is 11.3. The fourth-order valence-electron chi connectivity index (χ4n) is 6.98. The largest absolute Gasteiger partial charge is 0.493 e. The van der Waals surface area contributed by atoms with Crippen LogP contribution in [0.3, 0.4) is 0 Å². The molecular weight excluding hydrogens is 530 g/mol. The molecule has 1 N–H and O–H groups in total. The Bertz CT molecular complexity index is 1790. The zero-order chi connectivity index (χ0) is 27.8. The third-order valence-corrected chi connectivity index (χ3v) is 9.06. The van der Waals surface area contributed by atoms with Crippen LogP contribution in [0.25, 0.3) is 21.7 Å². The number of hydrogen-bond acceptors (Lipinski definition) is 7. The van der Waals surface area contributed by atoms with E-state index < -0.39 is 41.0 Å². The van der Waals surface area contributed by atoms with Crippen molar-refractivity contribution in [2.24, 2.45) is 11.8 Å². The second kappa shape index (κ2) is 8.73. The number of carbonyl (C=O) groups is 2. The van der Waals surface area contributed by atoms with E-state index in [2.05, 4.69) is 11.1 Å². The van der Waals surface area contributed by atoms with Crippen LogP contribution in [0.1, 0.15) is 25.3 Å². The van der Waals surface area contributed by atoms with Gasteiger partial charge in [-0.1, -0.05) is 41.9 Å². The van der Waals surface area contributed by atoms with E-state index in [9.17, 15) is 20.0 Å². The highest BCUT2D eigenvalue weighted by Crippen LogP contribution is 2.62. The SMILES string of the molecule is CC12OC(CCOc3ccnc4cc(Cl)ccc34)(CC1O)C1C(=O)N(c3ccc4ccccc4c3C#N)C(=O)C12. The van der Waals surface area contributed by atoms with E-state index in [1.54, 1.807) is 49.5 Å². The van der Waals surface area contributed by atoms with Crippen molar-refractivity contribution in [3.63, 3.8) is 0 Å². The highest BCUT2D eigenvalue weighted by Gasteiger charge is 2.77. The Morgan fingerprint density at radius 2 is 1.93 bits per heavy atom. The number of nitriles is 1. The molecule has 5 atom stereocenters. The number of hydrogen-bond donors (Lipinski definition) is 1. The van der Waals surface area contributed by atoms with Crippen LogP contribution in [-0.4, -0.2) is 45.8 Å². The molecule has 3 aliphatic rings. The second-order valence-electron chi connectivity index (χ2n) is 10.9. The predicted octanol–water partition coefficient (Wildman–Crippen LogP) is 4.78. The number of halogens is 1. The van der Waals surface area contributed by atoms with Crippen molar-refractivity contribution in [3.8, 4) is 11.8 Å². The number of rotatable bonds is 5. The van der Waals surface area contributed by atoms with Crippen molar-refractivity contribution in [2.45, 2.75) is 37.1 Å². The van der Waals surface area contributed by atoms with E-state index in [4.69, 9.17) is 21.1 Å². The van der Waals surface area contributed by atoms with Crippen molar-refractivity contribution in [2.75, 3.05) is 11.5 Å². The van der Waals surface area contributed by atoms with Gasteiger partial charge in [-0.05, 0) is 42.6 Å². The van der Waals surface area contributed by atoms with Crippen LogP contribution in [0.5, 0.6) is 5.75 Å². The van der Waals surface area contributed by atoms with Gasteiger partial charge in [0, 0.05) is 34.8 Å². The first kappa shape index (κ1) is 25.0. The van der Waals surface area contributed by atoms with E-state index in [0.717, 1.165) is 15.7 Å². The molecule has 8 nitrogen and oxygen atoms in total. The molecule has 0 radical (unpaired) electrons. The summed E-state index contributed by atoms with van der Waals surface area (Å²) < 4.78 is 12.6. The van der Waals surface area contributed by atoms with Crippen molar-refractivity contribution < 1.29 is 24.2 Å². The fraction of sp³-hybridized carbons (Fsp3) is 0.290. The molecule has 3 saturated heterocycles. The monoisotopic (exact) mass is 553 g/mol. The number of imide groups is 1. The lowest BCUT2D eigenvalue weighted by Gasteiger charge is -2.33. The number of nitrogens with zero attached hydrogens (tertiary/aromatic N) is 3. The first-order valence-electron chi connectivity index (χ1n) is 13.1. The molecule has 2 bridgehead atoms. The summed E-state index contributed by atoms with van der Waals surface area (Å²) in [5, 5.41) is 24.0. The van der Waals surface area contributed by atoms with E-state index in [0.29, 0.717) is 21.7 Å². The maximum atomic E-state index is 14.1. The van der Waals surface area contributed by atoms with Crippen LogP contribution in [-0.2, 0) is 14.3 Å². The Hall–Kier alpha value is -4.03. The molecule has 200 valence electrons. The van der Waals surface area contributed by atoms with Crippen molar-refractivity contribution >= 4 is 50.8 Å². The van der Waals surface area contributed by atoms with Crippen LogP contribution < -0.4 is 9.64 Å². The lowest BCUT2D eigenvalue weighted by Crippen LogP contribution is -2.49. The summed E-state index contributed by atoms with van der Waals surface area (Å²) in [5.41, 5.74) is -1.09. The van der Waals surface area contributed by atoms with Crippen LogP contribution in [0.15, 0.2) is 66.9 Å². The molecule has 3 aliphatic heterocycles. The molecule has 4 aromatic rings. The van der Waals surface area contributed by atoms with Crippen LogP contribution >= 0.6 is 11.6 Å². The Balaban J connectivity index is 1.22. The topological polar surface area (TPSA) is 113 Å². The number of ether oxygens (including phenoxy) is 2. The molecule has 9 heteroatoms. The molecule has 0 aliphatic carbocycles. The summed E-state index contributed by atoms with van der Waals surface area (Å²) in [5.74, 6) is -1.93. The molecule has 5 unspecified atom stereocenters. The van der Waals surface area contributed by atoms with Gasteiger partial charge in [-0.15, -0.1) is 0 Å².